The van der Waals surface area contributed by atoms with Crippen LogP contribution in [0.4, 0.5) is 16.5 Å². The molecule has 2 aromatic rings. The number of hydrogen-bond acceptors (Lipinski definition) is 8. The first kappa shape index (κ1) is 15.7. The quantitative estimate of drug-likeness (QED) is 0.781. The number of nitrogen functional groups attached to an aromatic ring is 1. The van der Waals surface area contributed by atoms with Crippen molar-refractivity contribution in [2.75, 3.05) is 30.5 Å². The maximum absolute atomic E-state index is 12.0. The van der Waals surface area contributed by atoms with Gasteiger partial charge >= 0.3 is 0 Å². The summed E-state index contributed by atoms with van der Waals surface area (Å²) in [7, 11) is -1.81. The Labute approximate surface area is 127 Å². The van der Waals surface area contributed by atoms with Crippen LogP contribution in [0.15, 0.2) is 17.3 Å². The number of nitrogens with zero attached hydrogens (tertiary/aromatic N) is 3. The van der Waals surface area contributed by atoms with E-state index in [1.807, 2.05) is 0 Å². The lowest BCUT2D eigenvalue weighted by atomic mass is 10.5. The first-order chi connectivity index (χ1) is 9.97. The van der Waals surface area contributed by atoms with E-state index in [9.17, 15) is 8.42 Å². The fourth-order valence-electron chi connectivity index (χ4n) is 1.68. The maximum atomic E-state index is 12.0. The summed E-state index contributed by atoms with van der Waals surface area (Å²) in [5.41, 5.74) is 6.34. The number of anilines is 3. The summed E-state index contributed by atoms with van der Waals surface area (Å²) in [5, 5.41) is 7.55. The van der Waals surface area contributed by atoms with Crippen LogP contribution >= 0.6 is 11.5 Å². The molecule has 2 aromatic heterocycles. The van der Waals surface area contributed by atoms with Gasteiger partial charge < -0.3 is 15.8 Å². The lowest BCUT2D eigenvalue weighted by Gasteiger charge is -2.05. The summed E-state index contributed by atoms with van der Waals surface area (Å²) in [6.07, 6.45) is 3.37. The topological polar surface area (TPSA) is 112 Å². The number of nitrogens with two attached hydrogens (primary N) is 1. The molecule has 116 valence electrons. The molecule has 0 amide bonds. The molecule has 21 heavy (non-hydrogen) atoms. The van der Waals surface area contributed by atoms with Gasteiger partial charge in [0.25, 0.3) is 0 Å². The van der Waals surface area contributed by atoms with Crippen molar-refractivity contribution in [2.24, 2.45) is 0 Å². The van der Waals surface area contributed by atoms with Crippen molar-refractivity contribution in [3.63, 3.8) is 0 Å². The van der Waals surface area contributed by atoms with Crippen molar-refractivity contribution in [3.05, 3.63) is 12.4 Å². The Balaban J connectivity index is 2.23. The molecule has 0 bridgehead atoms. The van der Waals surface area contributed by atoms with Gasteiger partial charge in [-0.05, 0) is 11.5 Å². The second kappa shape index (κ2) is 6.41. The Hall–Kier alpha value is -1.65. The molecule has 2 heterocycles. The number of methoxy groups -OCH3 is 1. The Bertz CT molecular complexity index is 707. The summed E-state index contributed by atoms with van der Waals surface area (Å²) in [4.78, 5) is 0.0552. The number of sulfone groups is 1. The van der Waals surface area contributed by atoms with Crippen LogP contribution < -0.4 is 11.1 Å². The molecule has 0 saturated carbocycles. The molecular formula is C11H17N5O3S2. The van der Waals surface area contributed by atoms with E-state index >= 15 is 0 Å². The molecule has 0 radical (unpaired) electrons. The normalized spacial score (nSPS) is 11.7. The predicted octanol–water partition coefficient (Wildman–Crippen LogP) is 1.11. The van der Waals surface area contributed by atoms with Gasteiger partial charge in [-0.15, -0.1) is 0 Å². The van der Waals surface area contributed by atoms with Gasteiger partial charge in [0.05, 0.1) is 30.8 Å². The lowest BCUT2D eigenvalue weighted by Crippen LogP contribution is -2.07. The molecule has 8 nitrogen and oxygen atoms in total. The minimum absolute atomic E-state index is 0.0242. The molecule has 0 fully saturated rings. The lowest BCUT2D eigenvalue weighted by molar-refractivity contribution is 0.183. The van der Waals surface area contributed by atoms with Gasteiger partial charge in [-0.2, -0.15) is 9.47 Å². The molecule has 0 unspecified atom stereocenters. The molecule has 0 saturated heterocycles. The van der Waals surface area contributed by atoms with E-state index < -0.39 is 9.84 Å². The zero-order valence-corrected chi connectivity index (χ0v) is 13.4. The highest BCUT2D eigenvalue weighted by molar-refractivity contribution is 7.91. The highest BCUT2D eigenvalue weighted by Gasteiger charge is 2.24. The molecular weight excluding hydrogens is 314 g/mol. The van der Waals surface area contributed by atoms with Crippen LogP contribution in [0.5, 0.6) is 0 Å². The van der Waals surface area contributed by atoms with Gasteiger partial charge in [0.15, 0.2) is 15.7 Å². The molecule has 3 N–H and O–H groups in total. The Morgan fingerprint density at radius 2 is 2.29 bits per heavy atom. The second-order valence-electron chi connectivity index (χ2n) is 4.24. The molecule has 10 heteroatoms. The number of aromatic nitrogens is 3. The van der Waals surface area contributed by atoms with Gasteiger partial charge in [0.2, 0.25) is 0 Å². The van der Waals surface area contributed by atoms with Crippen molar-refractivity contribution < 1.29 is 13.2 Å². The number of rotatable bonds is 7. The zero-order valence-electron chi connectivity index (χ0n) is 11.7. The summed E-state index contributed by atoms with van der Waals surface area (Å²) < 4.78 is 34.7. The summed E-state index contributed by atoms with van der Waals surface area (Å²) in [5.74, 6) is -0.00617. The average molecular weight is 331 g/mol. The number of nitrogens with one attached hydrogen (secondary N) is 1. The number of hydrogen-bond donors (Lipinski definition) is 2. The van der Waals surface area contributed by atoms with Crippen LogP contribution in [-0.2, 0) is 21.1 Å². The van der Waals surface area contributed by atoms with Gasteiger partial charge in [-0.3, -0.25) is 4.68 Å². The van der Waals surface area contributed by atoms with E-state index in [2.05, 4.69) is 14.8 Å². The molecule has 0 aliphatic rings. The highest BCUT2D eigenvalue weighted by atomic mass is 32.2. The van der Waals surface area contributed by atoms with Gasteiger partial charge in [0, 0.05) is 13.3 Å². The first-order valence-corrected chi connectivity index (χ1v) is 8.66. The maximum Gasteiger partial charge on any atom is 0.184 e. The summed E-state index contributed by atoms with van der Waals surface area (Å²) >= 11 is 1.01. The van der Waals surface area contributed by atoms with E-state index in [1.165, 1.54) is 0 Å². The Morgan fingerprint density at radius 1 is 1.52 bits per heavy atom. The molecule has 2 rings (SSSR count). The van der Waals surface area contributed by atoms with Crippen molar-refractivity contribution in [1.29, 1.82) is 0 Å². The van der Waals surface area contributed by atoms with Crippen molar-refractivity contribution in [3.8, 4) is 0 Å². The standard InChI is InChI=1S/C11H17N5O3S2/c1-3-21(17,18)9-10(12)15-20-11(9)14-8-6-13-16(7-8)4-5-19-2/h6-7,14H,3-5H2,1-2H3,(H2,12,15). The van der Waals surface area contributed by atoms with Gasteiger partial charge in [-0.1, -0.05) is 6.92 Å². The van der Waals surface area contributed by atoms with Crippen LogP contribution in [0.25, 0.3) is 0 Å². The summed E-state index contributed by atoms with van der Waals surface area (Å²) in [6, 6.07) is 0. The fraction of sp³-hybridized carbons (Fsp3) is 0.455. The third-order valence-corrected chi connectivity index (χ3v) is 5.48. The summed E-state index contributed by atoms with van der Waals surface area (Å²) in [6.45, 7) is 2.73. The van der Waals surface area contributed by atoms with E-state index in [1.54, 1.807) is 31.1 Å². The Morgan fingerprint density at radius 3 is 2.95 bits per heavy atom. The monoisotopic (exact) mass is 331 g/mol. The third-order valence-electron chi connectivity index (χ3n) is 2.78. The minimum atomic E-state index is -3.43. The fourth-order valence-corrected chi connectivity index (χ4v) is 3.85. The second-order valence-corrected chi connectivity index (χ2v) is 7.23. The molecule has 0 aromatic carbocycles. The van der Waals surface area contributed by atoms with Crippen LogP contribution in [-0.4, -0.2) is 42.0 Å². The van der Waals surface area contributed by atoms with E-state index in [0.717, 1.165) is 11.5 Å². The smallest absolute Gasteiger partial charge is 0.184 e. The number of ether oxygens (including phenoxy) is 1. The zero-order chi connectivity index (χ0) is 15.5. The van der Waals surface area contributed by atoms with E-state index in [-0.39, 0.29) is 16.5 Å². The van der Waals surface area contributed by atoms with Crippen LogP contribution in [0, 0.1) is 0 Å². The van der Waals surface area contributed by atoms with Crippen molar-refractivity contribution in [2.45, 2.75) is 18.4 Å². The van der Waals surface area contributed by atoms with Crippen molar-refractivity contribution >= 4 is 37.9 Å². The van der Waals surface area contributed by atoms with Crippen LogP contribution in [0.2, 0.25) is 0 Å². The van der Waals surface area contributed by atoms with Crippen LogP contribution in [0.1, 0.15) is 6.92 Å². The van der Waals surface area contributed by atoms with Gasteiger partial charge in [-0.25, -0.2) is 8.42 Å². The average Bonchev–Trinajstić information content (AvgIpc) is 3.04. The first-order valence-electron chi connectivity index (χ1n) is 6.24. The minimum Gasteiger partial charge on any atom is -0.383 e. The predicted molar refractivity (Wildman–Crippen MR) is 81.6 cm³/mol. The van der Waals surface area contributed by atoms with Crippen molar-refractivity contribution in [1.82, 2.24) is 14.2 Å². The molecule has 0 spiro atoms. The highest BCUT2D eigenvalue weighted by Crippen LogP contribution is 2.34. The SMILES string of the molecule is CCS(=O)(=O)c1c(N)nsc1Nc1cnn(CCOC)c1. The largest absolute Gasteiger partial charge is 0.383 e. The Kier molecular flexibility index (Phi) is 4.80. The third kappa shape index (κ3) is 3.52. The van der Waals surface area contributed by atoms with E-state index in [4.69, 9.17) is 10.5 Å². The van der Waals surface area contributed by atoms with Crippen LogP contribution in [0.3, 0.4) is 0 Å². The molecule has 0 aliphatic carbocycles. The molecule has 0 aliphatic heterocycles. The molecule has 0 atom stereocenters. The van der Waals surface area contributed by atoms with E-state index in [0.29, 0.717) is 23.8 Å². The van der Waals surface area contributed by atoms with Gasteiger partial charge in [0.1, 0.15) is 9.90 Å².